The molecule has 1 N–H and O–H groups in total. The van der Waals surface area contributed by atoms with Crippen LogP contribution in [-0.2, 0) is 9.93 Å². The van der Waals surface area contributed by atoms with E-state index in [9.17, 15) is 0 Å². The first kappa shape index (κ1) is 4.88. The van der Waals surface area contributed by atoms with Crippen molar-refractivity contribution in [1.29, 1.82) is 0 Å². The Morgan fingerprint density at radius 1 is 1.80 bits per heavy atom. The predicted molar refractivity (Wildman–Crippen MR) is 15.3 cm³/mol. The van der Waals surface area contributed by atoms with Gasteiger partial charge in [0.2, 0.25) is 0 Å². The van der Waals surface area contributed by atoms with Crippen LogP contribution in [0.3, 0.4) is 0 Å². The Balaban J connectivity index is 2.19. The van der Waals surface area contributed by atoms with Crippen LogP contribution in [-0.4, -0.2) is 11.9 Å². The van der Waals surface area contributed by atoms with Crippen LogP contribution in [0.4, 0.5) is 0 Å². The summed E-state index contributed by atoms with van der Waals surface area (Å²) in [5.74, 6) is 0. The van der Waals surface area contributed by atoms with E-state index in [0.29, 0.717) is 6.61 Å². The molecule has 0 rings (SSSR count). The van der Waals surface area contributed by atoms with Crippen molar-refractivity contribution in [3.63, 3.8) is 0 Å². The van der Waals surface area contributed by atoms with Crippen molar-refractivity contribution >= 4 is 0 Å². The molecule has 0 spiro atoms. The van der Waals surface area contributed by atoms with Crippen LogP contribution < -0.4 is 0 Å². The van der Waals surface area contributed by atoms with Crippen LogP contribution in [0.5, 0.6) is 0 Å². The Bertz CT molecular complexity index is 12.4. The molecule has 0 aliphatic rings. The van der Waals surface area contributed by atoms with E-state index in [1.807, 2.05) is 0 Å². The standard InChI is InChI=1S/C2H6O3/c1-2-4-5-3/h3H,2H2,1H3. The van der Waals surface area contributed by atoms with Crippen molar-refractivity contribution in [3.8, 4) is 0 Å². The fourth-order valence-electron chi connectivity index (χ4n) is 0.0527. The average Bonchev–Trinajstić information content (AvgIpc) is 1.41. The Kier molecular flexibility index (Phi) is 3.79. The highest BCUT2D eigenvalue weighted by atomic mass is 17.5. The molecule has 0 aromatic heterocycles. The third-order valence-electron chi connectivity index (χ3n) is 0.171. The Hall–Kier alpha value is -0.120. The van der Waals surface area contributed by atoms with E-state index in [-0.39, 0.29) is 0 Å². The van der Waals surface area contributed by atoms with Gasteiger partial charge < -0.3 is 0 Å². The van der Waals surface area contributed by atoms with Crippen molar-refractivity contribution < 1.29 is 15.2 Å². The van der Waals surface area contributed by atoms with Gasteiger partial charge in [0.15, 0.2) is 0 Å². The molecular weight excluding hydrogens is 72.0 g/mol. The molecule has 0 atom stereocenters. The van der Waals surface area contributed by atoms with E-state index in [1.165, 1.54) is 0 Å². The molecule has 32 valence electrons. The third-order valence-corrected chi connectivity index (χ3v) is 0.171. The highest BCUT2D eigenvalue weighted by Gasteiger charge is 1.66. The highest BCUT2D eigenvalue weighted by Crippen LogP contribution is 1.64. The summed E-state index contributed by atoms with van der Waals surface area (Å²) >= 11 is 0. The second-order valence-corrected chi connectivity index (χ2v) is 0.481. The minimum absolute atomic E-state index is 0.372. The summed E-state index contributed by atoms with van der Waals surface area (Å²) in [5, 5.41) is 10.5. The molecule has 0 saturated carbocycles. The van der Waals surface area contributed by atoms with Crippen LogP contribution in [0, 0.1) is 0 Å². The van der Waals surface area contributed by atoms with Gasteiger partial charge in [-0.1, -0.05) is 5.04 Å². The van der Waals surface area contributed by atoms with Crippen LogP contribution in [0.25, 0.3) is 0 Å². The lowest BCUT2D eigenvalue weighted by molar-refractivity contribution is -0.489. The quantitative estimate of drug-likeness (QED) is 0.384. The summed E-state index contributed by atoms with van der Waals surface area (Å²) in [6.07, 6.45) is 0. The first-order valence-electron chi connectivity index (χ1n) is 1.35. The maximum atomic E-state index is 7.34. The lowest BCUT2D eigenvalue weighted by Gasteiger charge is -1.83. The van der Waals surface area contributed by atoms with Crippen molar-refractivity contribution in [2.75, 3.05) is 6.61 Å². The molecule has 3 nitrogen and oxygen atoms in total. The third kappa shape index (κ3) is 3.88. The zero-order valence-electron chi connectivity index (χ0n) is 2.97. The second-order valence-electron chi connectivity index (χ2n) is 0.481. The molecule has 0 aromatic carbocycles. The van der Waals surface area contributed by atoms with Gasteiger partial charge in [0, 0.05) is 0 Å². The molecule has 0 fully saturated rings. The summed E-state index contributed by atoms with van der Waals surface area (Å²) in [4.78, 5) is 3.89. The maximum Gasteiger partial charge on any atom is 0.0825 e. The molecular formula is C2H6O3. The molecule has 0 bridgehead atoms. The summed E-state index contributed by atoms with van der Waals surface area (Å²) < 4.78 is 0. The monoisotopic (exact) mass is 78.0 g/mol. The average molecular weight is 78.1 g/mol. The van der Waals surface area contributed by atoms with E-state index in [0.717, 1.165) is 0 Å². The fraction of sp³-hybridized carbons (Fsp3) is 1.00. The SMILES string of the molecule is CCOOO. The van der Waals surface area contributed by atoms with Crippen LogP contribution in [0.15, 0.2) is 0 Å². The lowest BCUT2D eigenvalue weighted by atomic mass is 10.9. The Morgan fingerprint density at radius 3 is 2.40 bits per heavy atom. The van der Waals surface area contributed by atoms with Gasteiger partial charge in [-0.2, -0.15) is 0 Å². The summed E-state index contributed by atoms with van der Waals surface area (Å²) in [6, 6.07) is 0. The zero-order valence-corrected chi connectivity index (χ0v) is 2.97. The summed E-state index contributed by atoms with van der Waals surface area (Å²) in [6.45, 7) is 2.08. The number of hydrogen-bond donors (Lipinski definition) is 1. The molecule has 0 unspecified atom stereocenters. The topological polar surface area (TPSA) is 38.7 Å². The number of hydrogen-bond acceptors (Lipinski definition) is 3. The molecule has 0 aromatic rings. The Morgan fingerprint density at radius 2 is 2.40 bits per heavy atom. The van der Waals surface area contributed by atoms with E-state index < -0.39 is 0 Å². The normalized spacial score (nSPS) is 8.40. The molecule has 5 heavy (non-hydrogen) atoms. The van der Waals surface area contributed by atoms with Gasteiger partial charge >= 0.3 is 0 Å². The molecule has 0 radical (unpaired) electrons. The van der Waals surface area contributed by atoms with Gasteiger partial charge in [-0.15, -0.1) is 0 Å². The molecule has 0 amide bonds. The fourth-order valence-corrected chi connectivity index (χ4v) is 0.0527. The smallest absolute Gasteiger partial charge is 0.0825 e. The van der Waals surface area contributed by atoms with Crippen molar-refractivity contribution in [2.45, 2.75) is 6.92 Å². The highest BCUT2D eigenvalue weighted by molar-refractivity contribution is 3.89. The summed E-state index contributed by atoms with van der Waals surface area (Å²) in [7, 11) is 0. The van der Waals surface area contributed by atoms with Gasteiger partial charge in [-0.05, 0) is 6.92 Å². The van der Waals surface area contributed by atoms with E-state index in [2.05, 4.69) is 9.93 Å². The van der Waals surface area contributed by atoms with Gasteiger partial charge in [-0.3, -0.25) is 0 Å². The van der Waals surface area contributed by atoms with Crippen molar-refractivity contribution in [1.82, 2.24) is 0 Å². The van der Waals surface area contributed by atoms with Gasteiger partial charge in [-0.25, -0.2) is 10.1 Å². The zero-order chi connectivity index (χ0) is 4.12. The second kappa shape index (κ2) is 3.88. The largest absolute Gasteiger partial charge is 0.221 e. The molecule has 0 heterocycles. The maximum absolute atomic E-state index is 7.34. The van der Waals surface area contributed by atoms with E-state index in [4.69, 9.17) is 5.26 Å². The predicted octanol–water partition coefficient (Wildman–Crippen LogP) is 0.427. The summed E-state index contributed by atoms with van der Waals surface area (Å²) in [5.41, 5.74) is 0. The molecule has 0 aliphatic carbocycles. The minimum Gasteiger partial charge on any atom is -0.221 e. The lowest BCUT2D eigenvalue weighted by Crippen LogP contribution is -1.84. The first-order chi connectivity index (χ1) is 2.41. The molecule has 3 heteroatoms. The van der Waals surface area contributed by atoms with Crippen LogP contribution in [0.1, 0.15) is 6.92 Å². The van der Waals surface area contributed by atoms with Crippen molar-refractivity contribution in [3.05, 3.63) is 0 Å². The van der Waals surface area contributed by atoms with Crippen LogP contribution >= 0.6 is 0 Å². The van der Waals surface area contributed by atoms with Gasteiger partial charge in [0.25, 0.3) is 0 Å². The molecule has 0 aliphatic heterocycles. The first-order valence-corrected chi connectivity index (χ1v) is 1.35. The minimum atomic E-state index is 0.372. The van der Waals surface area contributed by atoms with Gasteiger partial charge in [0.05, 0.1) is 6.61 Å². The van der Waals surface area contributed by atoms with Crippen LogP contribution in [0.2, 0.25) is 0 Å². The number of rotatable bonds is 2. The van der Waals surface area contributed by atoms with E-state index >= 15 is 0 Å². The van der Waals surface area contributed by atoms with Crippen molar-refractivity contribution in [2.24, 2.45) is 0 Å². The Labute approximate surface area is 30.0 Å². The molecule has 0 saturated heterocycles. The van der Waals surface area contributed by atoms with Gasteiger partial charge in [0.1, 0.15) is 0 Å². The van der Waals surface area contributed by atoms with E-state index in [1.54, 1.807) is 6.92 Å².